The van der Waals surface area contributed by atoms with E-state index in [9.17, 15) is 0 Å². The van der Waals surface area contributed by atoms with Gasteiger partial charge in [-0.3, -0.25) is 0 Å². The maximum Gasteiger partial charge on any atom is 0.223 e. The molecule has 0 atom stereocenters. The number of aromatic nitrogens is 2. The number of aryl methyl sites for hydroxylation is 1. The van der Waals surface area contributed by atoms with E-state index in [0.29, 0.717) is 17.7 Å². The van der Waals surface area contributed by atoms with Gasteiger partial charge in [0.15, 0.2) is 0 Å². The third kappa shape index (κ3) is 3.21. The SMILES string of the molecule is CCC(CCl)(CCl)Nc1ncc(C)cn1. The van der Waals surface area contributed by atoms with Gasteiger partial charge in [0.05, 0.1) is 5.54 Å². The van der Waals surface area contributed by atoms with E-state index < -0.39 is 0 Å². The molecule has 1 aromatic rings. The lowest BCUT2D eigenvalue weighted by Gasteiger charge is -2.29. The van der Waals surface area contributed by atoms with E-state index in [1.807, 2.05) is 13.8 Å². The highest BCUT2D eigenvalue weighted by Gasteiger charge is 2.26. The van der Waals surface area contributed by atoms with Crippen molar-refractivity contribution >= 4 is 29.2 Å². The Morgan fingerprint density at radius 1 is 1.27 bits per heavy atom. The number of nitrogens with zero attached hydrogens (tertiary/aromatic N) is 2. The van der Waals surface area contributed by atoms with Gasteiger partial charge < -0.3 is 5.32 Å². The number of hydrogen-bond donors (Lipinski definition) is 1. The fraction of sp³-hybridized carbons (Fsp3) is 0.600. The Morgan fingerprint density at radius 3 is 2.20 bits per heavy atom. The average molecular weight is 248 g/mol. The minimum atomic E-state index is -0.321. The zero-order valence-corrected chi connectivity index (χ0v) is 10.4. The highest BCUT2D eigenvalue weighted by molar-refractivity contribution is 6.22. The van der Waals surface area contributed by atoms with E-state index in [1.165, 1.54) is 0 Å². The van der Waals surface area contributed by atoms with Crippen LogP contribution >= 0.6 is 23.2 Å². The van der Waals surface area contributed by atoms with Crippen molar-refractivity contribution in [2.24, 2.45) is 0 Å². The van der Waals surface area contributed by atoms with Crippen LogP contribution in [0.3, 0.4) is 0 Å². The Kier molecular flexibility index (Phi) is 4.61. The van der Waals surface area contributed by atoms with Crippen molar-refractivity contribution in [3.05, 3.63) is 18.0 Å². The molecule has 0 amide bonds. The molecule has 1 heterocycles. The first-order valence-electron chi connectivity index (χ1n) is 4.84. The molecule has 5 heteroatoms. The molecule has 84 valence electrons. The average Bonchev–Trinajstić information content (AvgIpc) is 2.29. The first-order valence-corrected chi connectivity index (χ1v) is 5.91. The van der Waals surface area contributed by atoms with E-state index >= 15 is 0 Å². The molecule has 15 heavy (non-hydrogen) atoms. The number of alkyl halides is 2. The first kappa shape index (κ1) is 12.5. The van der Waals surface area contributed by atoms with E-state index in [1.54, 1.807) is 12.4 Å². The van der Waals surface area contributed by atoms with Crippen molar-refractivity contribution in [2.75, 3.05) is 17.1 Å². The minimum Gasteiger partial charge on any atom is -0.346 e. The summed E-state index contributed by atoms with van der Waals surface area (Å²) in [6.45, 7) is 3.98. The molecule has 1 N–H and O–H groups in total. The van der Waals surface area contributed by atoms with E-state index in [4.69, 9.17) is 23.2 Å². The number of hydrogen-bond acceptors (Lipinski definition) is 3. The van der Waals surface area contributed by atoms with Crippen LogP contribution in [0.25, 0.3) is 0 Å². The quantitative estimate of drug-likeness (QED) is 0.814. The van der Waals surface area contributed by atoms with Crippen LogP contribution in [-0.2, 0) is 0 Å². The highest BCUT2D eigenvalue weighted by atomic mass is 35.5. The molecule has 0 saturated carbocycles. The summed E-state index contributed by atoms with van der Waals surface area (Å²) in [6.07, 6.45) is 4.35. The summed E-state index contributed by atoms with van der Waals surface area (Å²) in [7, 11) is 0. The molecule has 1 aromatic heterocycles. The van der Waals surface area contributed by atoms with Gasteiger partial charge in [0, 0.05) is 24.2 Å². The Bertz CT molecular complexity index is 288. The Morgan fingerprint density at radius 2 is 1.80 bits per heavy atom. The molecule has 0 aromatic carbocycles. The number of rotatable bonds is 5. The molecule has 0 spiro atoms. The maximum atomic E-state index is 5.90. The third-order valence-electron chi connectivity index (χ3n) is 2.35. The van der Waals surface area contributed by atoms with Crippen LogP contribution in [-0.4, -0.2) is 27.3 Å². The fourth-order valence-corrected chi connectivity index (χ4v) is 1.87. The molecule has 3 nitrogen and oxygen atoms in total. The lowest BCUT2D eigenvalue weighted by atomic mass is 10.0. The summed E-state index contributed by atoms with van der Waals surface area (Å²) >= 11 is 11.8. The van der Waals surface area contributed by atoms with Gasteiger partial charge >= 0.3 is 0 Å². The molecule has 0 bridgehead atoms. The molecule has 0 fully saturated rings. The topological polar surface area (TPSA) is 37.8 Å². The molecule has 0 aliphatic rings. The summed E-state index contributed by atoms with van der Waals surface area (Å²) in [5, 5.41) is 3.18. The predicted octanol–water partition coefficient (Wildman–Crippen LogP) is 2.82. The van der Waals surface area contributed by atoms with Crippen LogP contribution in [0.2, 0.25) is 0 Å². The summed E-state index contributed by atoms with van der Waals surface area (Å²) in [4.78, 5) is 8.33. The van der Waals surface area contributed by atoms with Gasteiger partial charge in [0.1, 0.15) is 0 Å². The number of halogens is 2. The normalized spacial score (nSPS) is 11.5. The Hall–Kier alpha value is -0.540. The van der Waals surface area contributed by atoms with E-state index in [-0.39, 0.29) is 5.54 Å². The van der Waals surface area contributed by atoms with Gasteiger partial charge in [-0.1, -0.05) is 6.92 Å². The fourth-order valence-electron chi connectivity index (χ4n) is 1.07. The second-order valence-corrected chi connectivity index (χ2v) is 4.14. The van der Waals surface area contributed by atoms with E-state index in [2.05, 4.69) is 15.3 Å². The summed E-state index contributed by atoms with van der Waals surface area (Å²) in [5.74, 6) is 1.44. The van der Waals surface area contributed by atoms with Gasteiger partial charge in [-0.25, -0.2) is 9.97 Å². The van der Waals surface area contributed by atoms with Crippen LogP contribution in [0.5, 0.6) is 0 Å². The van der Waals surface area contributed by atoms with Crippen molar-refractivity contribution in [1.29, 1.82) is 0 Å². The minimum absolute atomic E-state index is 0.321. The molecule has 0 aliphatic heterocycles. The predicted molar refractivity (Wildman–Crippen MR) is 64.9 cm³/mol. The van der Waals surface area contributed by atoms with Crippen molar-refractivity contribution in [3.63, 3.8) is 0 Å². The van der Waals surface area contributed by atoms with Crippen LogP contribution in [0.4, 0.5) is 5.95 Å². The van der Waals surface area contributed by atoms with E-state index in [0.717, 1.165) is 12.0 Å². The highest BCUT2D eigenvalue weighted by Crippen LogP contribution is 2.19. The third-order valence-corrected chi connectivity index (χ3v) is 3.37. The lowest BCUT2D eigenvalue weighted by Crippen LogP contribution is -2.42. The lowest BCUT2D eigenvalue weighted by molar-refractivity contribution is 0.554. The molecule has 0 aliphatic carbocycles. The standard InChI is InChI=1S/C10H15Cl2N3/c1-3-10(6-11,7-12)15-9-13-4-8(2)5-14-9/h4-5H,3,6-7H2,1-2H3,(H,13,14,15). The van der Waals surface area contributed by atoms with Crippen LogP contribution in [0.15, 0.2) is 12.4 Å². The molecule has 1 rings (SSSR count). The van der Waals surface area contributed by atoms with Crippen LogP contribution < -0.4 is 5.32 Å². The second kappa shape index (κ2) is 5.52. The van der Waals surface area contributed by atoms with Crippen molar-refractivity contribution in [3.8, 4) is 0 Å². The smallest absolute Gasteiger partial charge is 0.223 e. The van der Waals surface area contributed by atoms with Gasteiger partial charge in [-0.05, 0) is 18.9 Å². The summed E-state index contributed by atoms with van der Waals surface area (Å²) in [6, 6.07) is 0. The Balaban J connectivity index is 2.78. The molecular formula is C10H15Cl2N3. The van der Waals surface area contributed by atoms with Crippen molar-refractivity contribution in [1.82, 2.24) is 9.97 Å². The zero-order valence-electron chi connectivity index (χ0n) is 8.93. The van der Waals surface area contributed by atoms with Gasteiger partial charge in [-0.15, -0.1) is 23.2 Å². The van der Waals surface area contributed by atoms with Gasteiger partial charge in [0.25, 0.3) is 0 Å². The zero-order chi connectivity index (χ0) is 11.3. The molecular weight excluding hydrogens is 233 g/mol. The van der Waals surface area contributed by atoms with Crippen LogP contribution in [0, 0.1) is 6.92 Å². The molecule has 0 unspecified atom stereocenters. The Labute approximate surface area is 100 Å². The van der Waals surface area contributed by atoms with Gasteiger partial charge in [0.2, 0.25) is 5.95 Å². The van der Waals surface area contributed by atoms with Crippen molar-refractivity contribution < 1.29 is 0 Å². The summed E-state index contributed by atoms with van der Waals surface area (Å²) in [5.41, 5.74) is 0.706. The number of anilines is 1. The number of nitrogens with one attached hydrogen (secondary N) is 1. The van der Waals surface area contributed by atoms with Gasteiger partial charge in [-0.2, -0.15) is 0 Å². The second-order valence-electron chi connectivity index (χ2n) is 3.61. The van der Waals surface area contributed by atoms with Crippen LogP contribution in [0.1, 0.15) is 18.9 Å². The molecule has 0 radical (unpaired) electrons. The first-order chi connectivity index (χ1) is 7.15. The largest absolute Gasteiger partial charge is 0.346 e. The van der Waals surface area contributed by atoms with Crippen molar-refractivity contribution in [2.45, 2.75) is 25.8 Å². The maximum absolute atomic E-state index is 5.90. The molecule has 0 saturated heterocycles. The monoisotopic (exact) mass is 247 g/mol. The summed E-state index contributed by atoms with van der Waals surface area (Å²) < 4.78 is 0.